The summed E-state index contributed by atoms with van der Waals surface area (Å²) >= 11 is 5.86. The van der Waals surface area contributed by atoms with Gasteiger partial charge in [0.05, 0.1) is 17.3 Å². The predicted molar refractivity (Wildman–Crippen MR) is 81.9 cm³/mol. The van der Waals surface area contributed by atoms with Gasteiger partial charge in [-0.2, -0.15) is 0 Å². The van der Waals surface area contributed by atoms with Crippen LogP contribution in [0.5, 0.6) is 0 Å². The molecular weight excluding hydrogens is 270 g/mol. The van der Waals surface area contributed by atoms with Gasteiger partial charge in [-0.25, -0.2) is 0 Å². The van der Waals surface area contributed by atoms with E-state index in [1.165, 1.54) is 0 Å². The highest BCUT2D eigenvalue weighted by Crippen LogP contribution is 2.20. The van der Waals surface area contributed by atoms with Gasteiger partial charge in [0, 0.05) is 16.8 Å². The summed E-state index contributed by atoms with van der Waals surface area (Å²) in [6.45, 7) is 0. The molecule has 0 amide bonds. The molecule has 1 N–H and O–H groups in total. The van der Waals surface area contributed by atoms with Crippen LogP contribution in [-0.2, 0) is 6.42 Å². The minimum atomic E-state index is -0.610. The Kier molecular flexibility index (Phi) is 3.68. The Morgan fingerprint density at radius 3 is 2.50 bits per heavy atom. The van der Waals surface area contributed by atoms with Gasteiger partial charge in [-0.1, -0.05) is 48.0 Å². The molecular formula is C17H14ClNO. The van der Waals surface area contributed by atoms with Gasteiger partial charge >= 0.3 is 0 Å². The van der Waals surface area contributed by atoms with Gasteiger partial charge in [-0.3, -0.25) is 4.98 Å². The second-order valence-corrected chi connectivity index (χ2v) is 5.21. The molecule has 0 bridgehead atoms. The molecule has 0 spiro atoms. The Bertz CT molecular complexity index is 724. The number of pyridine rings is 1. The fourth-order valence-corrected chi connectivity index (χ4v) is 2.34. The van der Waals surface area contributed by atoms with Crippen LogP contribution in [0.4, 0.5) is 0 Å². The van der Waals surface area contributed by atoms with E-state index in [2.05, 4.69) is 4.98 Å². The molecule has 0 fully saturated rings. The monoisotopic (exact) mass is 283 g/mol. The number of benzene rings is 2. The Balaban J connectivity index is 1.84. The zero-order valence-electron chi connectivity index (χ0n) is 10.8. The topological polar surface area (TPSA) is 33.1 Å². The number of aliphatic hydroxyl groups is 1. The lowest BCUT2D eigenvalue weighted by Crippen LogP contribution is -2.04. The van der Waals surface area contributed by atoms with E-state index in [1.54, 1.807) is 0 Å². The highest BCUT2D eigenvalue weighted by atomic mass is 35.5. The predicted octanol–water partition coefficient (Wildman–Crippen LogP) is 4.16. The van der Waals surface area contributed by atoms with Crippen molar-refractivity contribution < 1.29 is 5.11 Å². The van der Waals surface area contributed by atoms with E-state index in [-0.39, 0.29) is 0 Å². The molecule has 3 heteroatoms. The van der Waals surface area contributed by atoms with Gasteiger partial charge in [-0.05, 0) is 29.8 Å². The van der Waals surface area contributed by atoms with Gasteiger partial charge in [0.25, 0.3) is 0 Å². The number of nitrogens with zero attached hydrogens (tertiary/aromatic N) is 1. The van der Waals surface area contributed by atoms with Crippen molar-refractivity contribution >= 4 is 22.5 Å². The van der Waals surface area contributed by atoms with Crippen LogP contribution in [0.1, 0.15) is 17.4 Å². The largest absolute Gasteiger partial charge is 0.386 e. The molecule has 2 nitrogen and oxygen atoms in total. The van der Waals surface area contributed by atoms with Crippen LogP contribution >= 0.6 is 11.6 Å². The summed E-state index contributed by atoms with van der Waals surface area (Å²) in [6, 6.07) is 19.3. The van der Waals surface area contributed by atoms with Crippen LogP contribution in [0, 0.1) is 0 Å². The maximum absolute atomic E-state index is 10.3. The second kappa shape index (κ2) is 5.61. The summed E-state index contributed by atoms with van der Waals surface area (Å²) in [5.74, 6) is 0. The molecule has 3 aromatic rings. The van der Waals surface area contributed by atoms with E-state index in [4.69, 9.17) is 11.6 Å². The maximum atomic E-state index is 10.3. The second-order valence-electron chi connectivity index (χ2n) is 4.78. The quantitative estimate of drug-likeness (QED) is 0.783. The number of aromatic nitrogens is 1. The molecule has 1 aromatic heterocycles. The summed E-state index contributed by atoms with van der Waals surface area (Å²) in [5, 5.41) is 12.1. The third-order valence-corrected chi connectivity index (χ3v) is 3.56. The first-order valence-corrected chi connectivity index (χ1v) is 6.88. The van der Waals surface area contributed by atoms with Crippen molar-refractivity contribution in [1.29, 1.82) is 0 Å². The molecule has 3 rings (SSSR count). The average Bonchev–Trinajstić information content (AvgIpc) is 2.49. The number of rotatable bonds is 3. The van der Waals surface area contributed by atoms with Crippen LogP contribution < -0.4 is 0 Å². The molecule has 1 atom stereocenters. The molecule has 0 radical (unpaired) electrons. The minimum absolute atomic E-state index is 0.530. The van der Waals surface area contributed by atoms with Gasteiger partial charge < -0.3 is 5.11 Å². The lowest BCUT2D eigenvalue weighted by atomic mass is 10.0. The first kappa shape index (κ1) is 13.1. The summed E-state index contributed by atoms with van der Waals surface area (Å²) in [6.07, 6.45) is -0.0801. The number of halogens is 1. The number of hydrogen-bond acceptors (Lipinski definition) is 2. The lowest BCUT2D eigenvalue weighted by molar-refractivity contribution is 0.174. The van der Waals surface area contributed by atoms with E-state index in [0.29, 0.717) is 17.1 Å². The number of fused-ring (bicyclic) bond motifs is 1. The van der Waals surface area contributed by atoms with Gasteiger partial charge in [0.15, 0.2) is 0 Å². The third kappa shape index (κ3) is 2.82. The first-order valence-electron chi connectivity index (χ1n) is 6.50. The zero-order valence-corrected chi connectivity index (χ0v) is 11.6. The van der Waals surface area contributed by atoms with Crippen LogP contribution in [0.2, 0.25) is 5.02 Å². The molecule has 2 aromatic carbocycles. The Labute approximate surface area is 122 Å². The first-order chi connectivity index (χ1) is 9.72. The van der Waals surface area contributed by atoms with Crippen molar-refractivity contribution in [2.45, 2.75) is 12.5 Å². The number of para-hydroxylation sites is 1. The Morgan fingerprint density at radius 2 is 1.70 bits per heavy atom. The zero-order chi connectivity index (χ0) is 13.9. The van der Waals surface area contributed by atoms with Gasteiger partial charge in [0.1, 0.15) is 0 Å². The third-order valence-electron chi connectivity index (χ3n) is 3.30. The summed E-state index contributed by atoms with van der Waals surface area (Å²) in [4.78, 5) is 4.51. The van der Waals surface area contributed by atoms with Crippen LogP contribution in [0.25, 0.3) is 10.9 Å². The summed E-state index contributed by atoms with van der Waals surface area (Å²) in [7, 11) is 0. The molecule has 0 aliphatic rings. The number of hydrogen-bond donors (Lipinski definition) is 1. The highest BCUT2D eigenvalue weighted by molar-refractivity contribution is 6.30. The molecule has 0 saturated carbocycles. The van der Waals surface area contributed by atoms with Gasteiger partial charge in [0.2, 0.25) is 0 Å². The number of aliphatic hydroxyl groups excluding tert-OH is 1. The van der Waals surface area contributed by atoms with E-state index in [0.717, 1.165) is 16.5 Å². The smallest absolute Gasteiger partial charge is 0.1000 e. The maximum Gasteiger partial charge on any atom is 0.1000 e. The minimum Gasteiger partial charge on any atom is -0.386 e. The highest BCUT2D eigenvalue weighted by Gasteiger charge is 2.10. The molecule has 1 heterocycles. The van der Waals surface area contributed by atoms with Crippen LogP contribution in [-0.4, -0.2) is 10.1 Å². The molecule has 20 heavy (non-hydrogen) atoms. The van der Waals surface area contributed by atoms with Gasteiger partial charge in [-0.15, -0.1) is 0 Å². The van der Waals surface area contributed by atoms with Crippen molar-refractivity contribution in [2.75, 3.05) is 0 Å². The normalized spacial score (nSPS) is 12.5. The Morgan fingerprint density at radius 1 is 0.950 bits per heavy atom. The standard InChI is InChI=1S/C17H14ClNO/c18-14-8-5-12(6-9-14)11-17(20)16-10-7-13-3-1-2-4-15(13)19-16/h1-10,17,20H,11H2. The summed E-state index contributed by atoms with van der Waals surface area (Å²) < 4.78 is 0. The van der Waals surface area contributed by atoms with Crippen molar-refractivity contribution in [3.63, 3.8) is 0 Å². The van der Waals surface area contributed by atoms with Crippen LogP contribution in [0.15, 0.2) is 60.7 Å². The molecule has 0 saturated heterocycles. The SMILES string of the molecule is OC(Cc1ccc(Cl)cc1)c1ccc2ccccc2n1. The fourth-order valence-electron chi connectivity index (χ4n) is 2.22. The van der Waals surface area contributed by atoms with E-state index < -0.39 is 6.10 Å². The molecule has 0 aliphatic heterocycles. The Hall–Kier alpha value is -1.90. The van der Waals surface area contributed by atoms with Crippen LogP contribution in [0.3, 0.4) is 0 Å². The van der Waals surface area contributed by atoms with Crippen molar-refractivity contribution in [3.05, 3.63) is 76.9 Å². The van der Waals surface area contributed by atoms with E-state index in [9.17, 15) is 5.11 Å². The van der Waals surface area contributed by atoms with Crippen molar-refractivity contribution in [1.82, 2.24) is 4.98 Å². The van der Waals surface area contributed by atoms with Crippen molar-refractivity contribution in [3.8, 4) is 0 Å². The summed E-state index contributed by atoms with van der Waals surface area (Å²) in [5.41, 5.74) is 2.63. The lowest BCUT2D eigenvalue weighted by Gasteiger charge is -2.11. The molecule has 0 aliphatic carbocycles. The van der Waals surface area contributed by atoms with E-state index >= 15 is 0 Å². The van der Waals surface area contributed by atoms with E-state index in [1.807, 2.05) is 60.7 Å². The van der Waals surface area contributed by atoms with Crippen molar-refractivity contribution in [2.24, 2.45) is 0 Å². The fraction of sp³-hybridized carbons (Fsp3) is 0.118. The molecule has 100 valence electrons. The molecule has 1 unspecified atom stereocenters. The average molecular weight is 284 g/mol.